The number of hydrogen-bond acceptors (Lipinski definition) is 2. The van der Waals surface area contributed by atoms with Gasteiger partial charge in [-0.3, -0.25) is 4.79 Å². The van der Waals surface area contributed by atoms with Crippen LogP contribution < -0.4 is 16.0 Å². The van der Waals surface area contributed by atoms with Gasteiger partial charge in [0.15, 0.2) is 5.96 Å². The summed E-state index contributed by atoms with van der Waals surface area (Å²) < 4.78 is 0. The van der Waals surface area contributed by atoms with Crippen LogP contribution >= 0.6 is 0 Å². The van der Waals surface area contributed by atoms with Gasteiger partial charge in [0, 0.05) is 35.7 Å². The molecule has 0 saturated carbocycles. The summed E-state index contributed by atoms with van der Waals surface area (Å²) in [4.78, 5) is 19.7. The van der Waals surface area contributed by atoms with Gasteiger partial charge in [-0.1, -0.05) is 25.1 Å². The van der Waals surface area contributed by atoms with Crippen molar-refractivity contribution >= 4 is 22.8 Å². The number of carbonyl (C=O) groups excluding carboxylic acids is 1. The van der Waals surface area contributed by atoms with Crippen molar-refractivity contribution in [2.45, 2.75) is 53.0 Å². The minimum absolute atomic E-state index is 0.0802. The molecule has 0 spiro atoms. The summed E-state index contributed by atoms with van der Waals surface area (Å²) in [5.74, 6) is 0.582. The van der Waals surface area contributed by atoms with E-state index in [4.69, 9.17) is 0 Å². The highest BCUT2D eigenvalue weighted by molar-refractivity contribution is 5.87. The standard InChI is InChI=1S/C21H33N5O/c1-6-15-9-8-10-17-16(13-24-19(15)17)11-12-23-20(22-7-2)25-14-18(27)26-21(3,4)5/h8-10,13,24H,6-7,11-12,14H2,1-5H3,(H,26,27)(H2,22,23,25). The van der Waals surface area contributed by atoms with Crippen molar-refractivity contribution in [1.29, 1.82) is 0 Å². The highest BCUT2D eigenvalue weighted by Crippen LogP contribution is 2.22. The third kappa shape index (κ3) is 6.31. The molecular weight excluding hydrogens is 338 g/mol. The number of aliphatic imine (C=N–C) groups is 1. The number of hydrogen-bond donors (Lipinski definition) is 4. The quantitative estimate of drug-likeness (QED) is 0.446. The molecule has 1 aromatic heterocycles. The number of guanidine groups is 1. The summed E-state index contributed by atoms with van der Waals surface area (Å²) in [5.41, 5.74) is 3.61. The summed E-state index contributed by atoms with van der Waals surface area (Å²) in [6.45, 7) is 11.7. The topological polar surface area (TPSA) is 81.3 Å². The molecule has 2 rings (SSSR count). The van der Waals surface area contributed by atoms with Crippen LogP contribution in [0.5, 0.6) is 0 Å². The zero-order chi connectivity index (χ0) is 19.9. The normalized spacial score (nSPS) is 12.3. The van der Waals surface area contributed by atoms with Crippen molar-refractivity contribution < 1.29 is 4.79 Å². The van der Waals surface area contributed by atoms with E-state index in [1.165, 1.54) is 22.0 Å². The van der Waals surface area contributed by atoms with Crippen LogP contribution in [0.2, 0.25) is 0 Å². The molecule has 0 aliphatic carbocycles. The second-order valence-electron chi connectivity index (χ2n) is 7.68. The molecule has 0 fully saturated rings. The number of aromatic amines is 1. The third-order valence-electron chi connectivity index (χ3n) is 4.19. The summed E-state index contributed by atoms with van der Waals surface area (Å²) in [6.07, 6.45) is 3.99. The van der Waals surface area contributed by atoms with Crippen LogP contribution in [0.1, 0.15) is 45.7 Å². The number of H-pyrrole nitrogens is 1. The second kappa shape index (κ2) is 9.44. The van der Waals surface area contributed by atoms with Crippen molar-refractivity contribution in [2.75, 3.05) is 19.6 Å². The zero-order valence-electron chi connectivity index (χ0n) is 17.2. The SMILES string of the molecule is CCNC(=NCC(=O)NC(C)(C)C)NCCc1c[nH]c2c(CC)cccc12. The average molecular weight is 372 g/mol. The fourth-order valence-electron chi connectivity index (χ4n) is 3.04. The molecule has 0 radical (unpaired) electrons. The largest absolute Gasteiger partial charge is 0.361 e. The molecule has 4 N–H and O–H groups in total. The van der Waals surface area contributed by atoms with Crippen molar-refractivity contribution in [2.24, 2.45) is 4.99 Å². The summed E-state index contributed by atoms with van der Waals surface area (Å²) in [6, 6.07) is 6.45. The number of aryl methyl sites for hydroxylation is 1. The molecule has 0 saturated heterocycles. The van der Waals surface area contributed by atoms with E-state index in [0.29, 0.717) is 5.96 Å². The Balaban J connectivity index is 1.94. The average Bonchev–Trinajstić information content (AvgIpc) is 3.01. The van der Waals surface area contributed by atoms with Crippen LogP contribution in [0.15, 0.2) is 29.4 Å². The van der Waals surface area contributed by atoms with Crippen molar-refractivity contribution in [3.8, 4) is 0 Å². The van der Waals surface area contributed by atoms with Gasteiger partial charge in [0.1, 0.15) is 6.54 Å². The number of benzene rings is 1. The number of para-hydroxylation sites is 1. The van der Waals surface area contributed by atoms with E-state index in [0.717, 1.165) is 25.9 Å². The van der Waals surface area contributed by atoms with Gasteiger partial charge in [-0.25, -0.2) is 4.99 Å². The minimum Gasteiger partial charge on any atom is -0.361 e. The number of amides is 1. The molecule has 6 nitrogen and oxygen atoms in total. The smallest absolute Gasteiger partial charge is 0.242 e. The van der Waals surface area contributed by atoms with Crippen LogP contribution in [-0.4, -0.2) is 42.0 Å². The number of aromatic nitrogens is 1. The summed E-state index contributed by atoms with van der Waals surface area (Å²) in [7, 11) is 0. The maximum Gasteiger partial charge on any atom is 0.242 e. The fourth-order valence-corrected chi connectivity index (χ4v) is 3.04. The van der Waals surface area contributed by atoms with Crippen LogP contribution in [0.3, 0.4) is 0 Å². The Morgan fingerprint density at radius 2 is 1.93 bits per heavy atom. The molecule has 1 amide bonds. The van der Waals surface area contributed by atoms with Crippen molar-refractivity contribution in [3.05, 3.63) is 35.5 Å². The number of nitrogens with one attached hydrogen (secondary N) is 4. The van der Waals surface area contributed by atoms with Gasteiger partial charge in [0.2, 0.25) is 5.91 Å². The van der Waals surface area contributed by atoms with E-state index in [1.54, 1.807) is 0 Å². The number of carbonyl (C=O) groups is 1. The molecule has 1 aromatic carbocycles. The Kier molecular flexibility index (Phi) is 7.28. The first-order chi connectivity index (χ1) is 12.8. The summed E-state index contributed by atoms with van der Waals surface area (Å²) in [5, 5.41) is 10.7. The van der Waals surface area contributed by atoms with Gasteiger partial charge >= 0.3 is 0 Å². The van der Waals surface area contributed by atoms with E-state index in [2.05, 4.69) is 57.2 Å². The Morgan fingerprint density at radius 3 is 2.59 bits per heavy atom. The maximum absolute atomic E-state index is 12.0. The molecule has 0 aliphatic rings. The fraction of sp³-hybridized carbons (Fsp3) is 0.524. The predicted octanol–water partition coefficient (Wildman–Crippen LogP) is 2.74. The lowest BCUT2D eigenvalue weighted by molar-refractivity contribution is -0.121. The molecule has 0 unspecified atom stereocenters. The van der Waals surface area contributed by atoms with Crippen LogP contribution in [0.25, 0.3) is 10.9 Å². The number of rotatable bonds is 7. The van der Waals surface area contributed by atoms with Gasteiger partial charge in [0.25, 0.3) is 0 Å². The van der Waals surface area contributed by atoms with E-state index < -0.39 is 0 Å². The van der Waals surface area contributed by atoms with Gasteiger partial charge in [-0.15, -0.1) is 0 Å². The molecule has 1 heterocycles. The number of nitrogens with zero attached hydrogens (tertiary/aromatic N) is 1. The van der Waals surface area contributed by atoms with Gasteiger partial charge in [-0.05, 0) is 51.7 Å². The monoisotopic (exact) mass is 371 g/mol. The van der Waals surface area contributed by atoms with Gasteiger partial charge in [-0.2, -0.15) is 0 Å². The Hall–Kier alpha value is -2.50. The predicted molar refractivity (Wildman–Crippen MR) is 113 cm³/mol. The highest BCUT2D eigenvalue weighted by Gasteiger charge is 2.13. The lowest BCUT2D eigenvalue weighted by Gasteiger charge is -2.20. The van der Waals surface area contributed by atoms with Crippen LogP contribution in [0.4, 0.5) is 0 Å². The Labute approximate surface area is 162 Å². The third-order valence-corrected chi connectivity index (χ3v) is 4.19. The molecule has 27 heavy (non-hydrogen) atoms. The maximum atomic E-state index is 12.0. The Bertz CT molecular complexity index is 785. The van der Waals surface area contributed by atoms with Crippen LogP contribution in [0, 0.1) is 0 Å². The first-order valence-corrected chi connectivity index (χ1v) is 9.75. The van der Waals surface area contributed by atoms with Gasteiger partial charge < -0.3 is 20.9 Å². The summed E-state index contributed by atoms with van der Waals surface area (Å²) >= 11 is 0. The molecular formula is C21H33N5O. The first kappa shape index (κ1) is 20.8. The lowest BCUT2D eigenvalue weighted by Crippen LogP contribution is -2.43. The van der Waals surface area contributed by atoms with E-state index >= 15 is 0 Å². The molecule has 6 heteroatoms. The van der Waals surface area contributed by atoms with E-state index in [-0.39, 0.29) is 18.0 Å². The molecule has 148 valence electrons. The van der Waals surface area contributed by atoms with E-state index in [1.807, 2.05) is 27.7 Å². The van der Waals surface area contributed by atoms with Crippen molar-refractivity contribution in [3.63, 3.8) is 0 Å². The first-order valence-electron chi connectivity index (χ1n) is 9.75. The minimum atomic E-state index is -0.245. The zero-order valence-corrected chi connectivity index (χ0v) is 17.2. The van der Waals surface area contributed by atoms with Crippen molar-refractivity contribution in [1.82, 2.24) is 20.9 Å². The molecule has 2 aromatic rings. The lowest BCUT2D eigenvalue weighted by atomic mass is 10.1. The second-order valence-corrected chi connectivity index (χ2v) is 7.68. The molecule has 0 aliphatic heterocycles. The van der Waals surface area contributed by atoms with E-state index in [9.17, 15) is 4.79 Å². The molecule has 0 atom stereocenters. The number of fused-ring (bicyclic) bond motifs is 1. The Morgan fingerprint density at radius 1 is 1.15 bits per heavy atom. The molecule has 0 bridgehead atoms. The highest BCUT2D eigenvalue weighted by atomic mass is 16.2. The van der Waals surface area contributed by atoms with Gasteiger partial charge in [0.05, 0.1) is 0 Å². The van der Waals surface area contributed by atoms with Crippen LogP contribution in [-0.2, 0) is 17.6 Å².